The van der Waals surface area contributed by atoms with Crippen LogP contribution in [0.15, 0.2) is 96.1 Å². The van der Waals surface area contributed by atoms with Crippen molar-refractivity contribution in [1.29, 1.82) is 0 Å². The van der Waals surface area contributed by atoms with Crippen LogP contribution in [0.2, 0.25) is 0 Å². The van der Waals surface area contributed by atoms with Gasteiger partial charge in [0.25, 0.3) is 5.78 Å². The highest BCUT2D eigenvalue weighted by atomic mass is 16.6. The average molecular weight is 736 g/mol. The minimum atomic E-state index is -2.80. The van der Waals surface area contributed by atoms with Crippen LogP contribution in [0.4, 0.5) is 22.7 Å². The number of carbonyl (C=O) groups is 3. The number of methoxy groups -OCH3 is 1. The van der Waals surface area contributed by atoms with Crippen molar-refractivity contribution in [3.05, 3.63) is 118 Å². The van der Waals surface area contributed by atoms with Crippen molar-refractivity contribution in [2.75, 3.05) is 30.1 Å². The summed E-state index contributed by atoms with van der Waals surface area (Å²) in [6, 6.07) is 25.5. The number of nitrogen functional groups attached to an aromatic ring is 1. The number of ether oxygens (including phenoxy) is 2. The number of anilines is 3. The van der Waals surface area contributed by atoms with Gasteiger partial charge < -0.3 is 31.0 Å². The smallest absolute Gasteiger partial charge is 0.447 e. The number of amides is 2. The van der Waals surface area contributed by atoms with Gasteiger partial charge in [-0.2, -0.15) is 0 Å². The molecule has 0 fully saturated rings. The van der Waals surface area contributed by atoms with E-state index in [-0.39, 0.29) is 45.0 Å². The number of hydrogen-bond acceptors (Lipinski definition) is 8. The Morgan fingerprint density at radius 1 is 0.833 bits per heavy atom. The van der Waals surface area contributed by atoms with Gasteiger partial charge in [-0.05, 0) is 95.5 Å². The van der Waals surface area contributed by atoms with Crippen LogP contribution in [0.1, 0.15) is 94.3 Å². The average Bonchev–Trinajstić information content (AvgIpc) is 3.15. The quantitative estimate of drug-likeness (QED) is 0.0143. The Balaban J connectivity index is 1.52. The Bertz CT molecular complexity index is 1990. The predicted octanol–water partition coefficient (Wildman–Crippen LogP) is 9.21. The zero-order valence-electron chi connectivity index (χ0n) is 32.6. The SMILES string of the molecule is CCC(C)(C)c1ccc(OCCCC(=O)Nc2cccc(C(=O)C(OC)(C(=O)Nc3ccccc3)[N+]([O-])=Nc3ccc(C)cc3N)c2)c(C(C)(C)CC)c1. The summed E-state index contributed by atoms with van der Waals surface area (Å²) in [5.74, 6) is -1.57. The highest BCUT2D eigenvalue weighted by Crippen LogP contribution is 2.38. The standard InChI is InChI=1S/C43H53N5O6/c1-9-41(4,5)31-22-24-37(34(28-31)42(6,7)10-2)54-25-15-20-38(49)45-33-19-14-16-30(27-33)39(50)43(53-8,40(51)46-32-17-12-11-13-18-32)48(52)47-36-23-21-29(3)26-35(36)44/h11-14,16-19,21-24,26-28H,9-10,15,20,25,44H2,1-8H3,(H,45,49)(H,46,51). The lowest BCUT2D eigenvalue weighted by Gasteiger charge is -2.30. The minimum Gasteiger partial charge on any atom is -0.596 e. The number of hydroxylamine groups is 1. The van der Waals surface area contributed by atoms with E-state index in [2.05, 4.69) is 69.4 Å². The van der Waals surface area contributed by atoms with E-state index in [9.17, 15) is 19.6 Å². The molecule has 0 saturated heterocycles. The van der Waals surface area contributed by atoms with Gasteiger partial charge in [-0.3, -0.25) is 14.4 Å². The summed E-state index contributed by atoms with van der Waals surface area (Å²) in [4.78, 5) is 41.1. The van der Waals surface area contributed by atoms with Crippen LogP contribution in [0.3, 0.4) is 0 Å². The molecule has 1 unspecified atom stereocenters. The van der Waals surface area contributed by atoms with Crippen molar-refractivity contribution in [3.63, 3.8) is 0 Å². The van der Waals surface area contributed by atoms with Crippen molar-refractivity contribution < 1.29 is 28.7 Å². The second-order valence-electron chi connectivity index (χ2n) is 14.7. The first-order valence-corrected chi connectivity index (χ1v) is 18.3. The molecule has 0 heterocycles. The number of benzene rings is 4. The van der Waals surface area contributed by atoms with Gasteiger partial charge >= 0.3 is 11.6 Å². The number of carbonyl (C=O) groups excluding carboxylic acids is 3. The number of azo groups is 1. The van der Waals surface area contributed by atoms with E-state index in [1.165, 1.54) is 29.8 Å². The molecule has 54 heavy (non-hydrogen) atoms. The number of nitrogens with two attached hydrogens (primary N) is 1. The molecule has 0 aliphatic rings. The lowest BCUT2D eigenvalue weighted by molar-refractivity contribution is -0.619. The zero-order chi connectivity index (χ0) is 39.7. The Hall–Kier alpha value is -5.55. The first-order chi connectivity index (χ1) is 25.6. The van der Waals surface area contributed by atoms with Crippen LogP contribution >= 0.6 is 0 Å². The Labute approximate surface area is 318 Å². The monoisotopic (exact) mass is 735 g/mol. The third-order valence-electron chi connectivity index (χ3n) is 10.1. The molecule has 0 bridgehead atoms. The van der Waals surface area contributed by atoms with Gasteiger partial charge in [0.05, 0.1) is 12.3 Å². The van der Waals surface area contributed by atoms with Crippen molar-refractivity contribution in [1.82, 2.24) is 0 Å². The molecule has 0 saturated carbocycles. The molecule has 0 radical (unpaired) electrons. The van der Waals surface area contributed by atoms with Gasteiger partial charge in [0.15, 0.2) is 5.69 Å². The van der Waals surface area contributed by atoms with Crippen molar-refractivity contribution in [2.45, 2.75) is 90.7 Å². The van der Waals surface area contributed by atoms with Crippen LogP contribution < -0.4 is 21.1 Å². The molecule has 0 spiro atoms. The van der Waals surface area contributed by atoms with Crippen molar-refractivity contribution >= 4 is 40.3 Å². The fourth-order valence-electron chi connectivity index (χ4n) is 5.78. The lowest BCUT2D eigenvalue weighted by atomic mass is 9.76. The topological polar surface area (TPSA) is 158 Å². The number of nitrogens with zero attached hydrogens (tertiary/aromatic N) is 2. The second-order valence-corrected chi connectivity index (χ2v) is 14.7. The summed E-state index contributed by atoms with van der Waals surface area (Å²) in [7, 11) is 1.07. The number of ketones is 1. The van der Waals surface area contributed by atoms with Crippen LogP contribution in [-0.2, 0) is 25.2 Å². The van der Waals surface area contributed by atoms with E-state index in [4.69, 9.17) is 15.2 Å². The summed E-state index contributed by atoms with van der Waals surface area (Å²) < 4.78 is 11.7. The number of Topliss-reactive ketones (excluding diaryl/α,β-unsaturated/α-hetero) is 1. The Morgan fingerprint density at radius 2 is 1.52 bits per heavy atom. The Kier molecular flexibility index (Phi) is 13.4. The molecular formula is C43H53N5O6. The van der Waals surface area contributed by atoms with E-state index in [0.717, 1.165) is 36.8 Å². The molecule has 11 heteroatoms. The number of hydrogen-bond donors (Lipinski definition) is 3. The van der Waals surface area contributed by atoms with Crippen LogP contribution in [0.5, 0.6) is 5.75 Å². The molecule has 4 aromatic rings. The molecule has 1 atom stereocenters. The summed E-state index contributed by atoms with van der Waals surface area (Å²) in [5.41, 5.74) is 7.24. The molecule has 4 N–H and O–H groups in total. The van der Waals surface area contributed by atoms with Crippen LogP contribution in [0.25, 0.3) is 0 Å². The van der Waals surface area contributed by atoms with E-state index in [1.807, 2.05) is 13.0 Å². The van der Waals surface area contributed by atoms with E-state index in [0.29, 0.717) is 24.4 Å². The summed E-state index contributed by atoms with van der Waals surface area (Å²) in [6.45, 7) is 15.4. The normalized spacial score (nSPS) is 13.1. The van der Waals surface area contributed by atoms with Gasteiger partial charge in [-0.1, -0.05) is 90.1 Å². The maximum atomic E-state index is 14.2. The van der Waals surface area contributed by atoms with Gasteiger partial charge in [-0.25, -0.2) is 0 Å². The summed E-state index contributed by atoms with van der Waals surface area (Å²) in [5, 5.41) is 23.2. The number of nitrogens with one attached hydrogen (secondary N) is 2. The molecule has 0 aliphatic heterocycles. The molecular weight excluding hydrogens is 683 g/mol. The summed E-state index contributed by atoms with van der Waals surface area (Å²) in [6.07, 6.45) is 2.55. The number of rotatable bonds is 17. The lowest BCUT2D eigenvalue weighted by Crippen LogP contribution is -2.57. The number of para-hydroxylation sites is 1. The third-order valence-corrected chi connectivity index (χ3v) is 10.1. The van der Waals surface area contributed by atoms with Crippen molar-refractivity contribution in [2.24, 2.45) is 5.11 Å². The van der Waals surface area contributed by atoms with Gasteiger partial charge in [0, 0.05) is 41.1 Å². The van der Waals surface area contributed by atoms with Crippen LogP contribution in [0, 0.1) is 12.1 Å². The van der Waals surface area contributed by atoms with Crippen molar-refractivity contribution in [3.8, 4) is 5.75 Å². The van der Waals surface area contributed by atoms with Gasteiger partial charge in [-0.15, -0.1) is 0 Å². The molecule has 4 rings (SSSR count). The van der Waals surface area contributed by atoms with Gasteiger partial charge in [0.2, 0.25) is 5.91 Å². The number of aryl methyl sites for hydroxylation is 1. The highest BCUT2D eigenvalue weighted by Gasteiger charge is 2.58. The first kappa shape index (κ1) is 41.2. The predicted molar refractivity (Wildman–Crippen MR) is 213 cm³/mol. The zero-order valence-corrected chi connectivity index (χ0v) is 32.6. The van der Waals surface area contributed by atoms with E-state index >= 15 is 0 Å². The fraction of sp³-hybridized carbons (Fsp3) is 0.372. The second kappa shape index (κ2) is 17.5. The summed E-state index contributed by atoms with van der Waals surface area (Å²) >= 11 is 0. The highest BCUT2D eigenvalue weighted by molar-refractivity contribution is 6.19. The maximum Gasteiger partial charge on any atom is 0.447 e. The molecule has 286 valence electrons. The maximum absolute atomic E-state index is 14.2. The van der Waals surface area contributed by atoms with Crippen LogP contribution in [-0.4, -0.2) is 41.9 Å². The Morgan fingerprint density at radius 3 is 2.17 bits per heavy atom. The fourth-order valence-corrected chi connectivity index (χ4v) is 5.78. The molecule has 4 aromatic carbocycles. The molecule has 0 aliphatic carbocycles. The van der Waals surface area contributed by atoms with E-state index < -0.39 is 17.4 Å². The molecule has 0 aromatic heterocycles. The third kappa shape index (κ3) is 9.51. The molecule has 11 nitrogen and oxygen atoms in total. The minimum absolute atomic E-state index is 0.0381. The largest absolute Gasteiger partial charge is 0.596 e. The van der Waals surface area contributed by atoms with E-state index in [1.54, 1.807) is 48.5 Å². The first-order valence-electron chi connectivity index (χ1n) is 18.3. The van der Waals surface area contributed by atoms with Gasteiger partial charge in [0.1, 0.15) is 5.75 Å². The molecule has 2 amide bonds.